The van der Waals surface area contributed by atoms with Gasteiger partial charge >= 0.3 is 0 Å². The molecule has 6 heteroatoms. The van der Waals surface area contributed by atoms with E-state index in [9.17, 15) is 4.79 Å². The number of para-hydroxylation sites is 1. The number of rotatable bonds is 4. The van der Waals surface area contributed by atoms with Crippen LogP contribution in [0.2, 0.25) is 0 Å². The number of benzene rings is 2. The van der Waals surface area contributed by atoms with Gasteiger partial charge in [-0.2, -0.15) is 5.10 Å². The summed E-state index contributed by atoms with van der Waals surface area (Å²) in [4.78, 5) is 17.1. The first kappa shape index (κ1) is 15.5. The molecule has 0 radical (unpaired) electrons. The van der Waals surface area contributed by atoms with Crippen molar-refractivity contribution in [3.63, 3.8) is 0 Å². The lowest BCUT2D eigenvalue weighted by Crippen LogP contribution is -2.17. The van der Waals surface area contributed by atoms with Gasteiger partial charge in [0.2, 0.25) is 0 Å². The second-order valence-electron chi connectivity index (χ2n) is 5.55. The van der Waals surface area contributed by atoms with Gasteiger partial charge in [-0.15, -0.1) is 11.3 Å². The number of aryl methyl sites for hydroxylation is 1. The van der Waals surface area contributed by atoms with Crippen LogP contribution < -0.4 is 5.32 Å². The summed E-state index contributed by atoms with van der Waals surface area (Å²) in [6.07, 6.45) is 1.63. The van der Waals surface area contributed by atoms with E-state index in [1.165, 1.54) is 0 Å². The van der Waals surface area contributed by atoms with Crippen LogP contribution in [0.15, 0.2) is 60.8 Å². The summed E-state index contributed by atoms with van der Waals surface area (Å²) in [7, 11) is 0. The fourth-order valence-electron chi connectivity index (χ4n) is 2.70. The monoisotopic (exact) mass is 348 g/mol. The third-order valence-corrected chi connectivity index (χ3v) is 5.00. The van der Waals surface area contributed by atoms with Crippen molar-refractivity contribution in [2.24, 2.45) is 0 Å². The molecule has 1 N–H and O–H groups in total. The van der Waals surface area contributed by atoms with Gasteiger partial charge in [-0.05, 0) is 37.3 Å². The maximum Gasteiger partial charge on any atom is 0.273 e. The van der Waals surface area contributed by atoms with Gasteiger partial charge in [0.05, 0.1) is 10.2 Å². The second kappa shape index (κ2) is 6.49. The Labute approximate surface area is 149 Å². The molecule has 0 fully saturated rings. The quantitative estimate of drug-likeness (QED) is 0.593. The predicted molar refractivity (Wildman–Crippen MR) is 101 cm³/mol. The first-order chi connectivity index (χ1) is 12.2. The van der Waals surface area contributed by atoms with Gasteiger partial charge in [0, 0.05) is 24.0 Å². The Morgan fingerprint density at radius 1 is 1.16 bits per heavy atom. The van der Waals surface area contributed by atoms with Crippen molar-refractivity contribution in [1.29, 1.82) is 0 Å². The number of aromatic nitrogens is 3. The number of hydrogen-bond donors (Lipinski definition) is 1. The average Bonchev–Trinajstić information content (AvgIpc) is 3.28. The zero-order valence-corrected chi connectivity index (χ0v) is 14.5. The molecule has 0 spiro atoms. The van der Waals surface area contributed by atoms with Gasteiger partial charge in [-0.1, -0.05) is 24.3 Å². The number of nitrogens with zero attached hydrogens (tertiary/aromatic N) is 3. The first-order valence-corrected chi connectivity index (χ1v) is 8.85. The van der Waals surface area contributed by atoms with Crippen LogP contribution in [0.25, 0.3) is 20.8 Å². The van der Waals surface area contributed by atoms with Crippen molar-refractivity contribution in [1.82, 2.24) is 14.8 Å². The van der Waals surface area contributed by atoms with Gasteiger partial charge in [-0.3, -0.25) is 9.48 Å². The Morgan fingerprint density at radius 3 is 2.88 bits per heavy atom. The van der Waals surface area contributed by atoms with Crippen molar-refractivity contribution in [3.05, 3.63) is 66.5 Å². The van der Waals surface area contributed by atoms with Crippen LogP contribution in [0.4, 0.5) is 5.69 Å². The van der Waals surface area contributed by atoms with Crippen LogP contribution in [0, 0.1) is 0 Å². The molecule has 25 heavy (non-hydrogen) atoms. The van der Waals surface area contributed by atoms with Crippen molar-refractivity contribution < 1.29 is 4.79 Å². The van der Waals surface area contributed by atoms with Crippen molar-refractivity contribution >= 4 is 33.1 Å². The molecule has 0 bridgehead atoms. The minimum absolute atomic E-state index is 0.166. The van der Waals surface area contributed by atoms with Crippen LogP contribution in [-0.4, -0.2) is 20.7 Å². The van der Waals surface area contributed by atoms with E-state index in [4.69, 9.17) is 0 Å². The molecular weight excluding hydrogens is 332 g/mol. The molecule has 0 aliphatic carbocycles. The standard InChI is InChI=1S/C19H16N4OS/c1-2-23-16(10-11-20-23)18(24)21-14-7-5-6-13(12-14)19-22-15-8-3-4-9-17(15)25-19/h3-12H,2H2,1H3,(H,21,24). The molecule has 5 nitrogen and oxygen atoms in total. The smallest absolute Gasteiger partial charge is 0.273 e. The van der Waals surface area contributed by atoms with E-state index < -0.39 is 0 Å². The Morgan fingerprint density at radius 2 is 2.04 bits per heavy atom. The lowest BCUT2D eigenvalue weighted by atomic mass is 10.2. The summed E-state index contributed by atoms with van der Waals surface area (Å²) >= 11 is 1.64. The van der Waals surface area contributed by atoms with Gasteiger partial charge in [-0.25, -0.2) is 4.98 Å². The van der Waals surface area contributed by atoms with E-state index in [1.807, 2.05) is 49.4 Å². The number of fused-ring (bicyclic) bond motifs is 1. The summed E-state index contributed by atoms with van der Waals surface area (Å²) in [6, 6.07) is 17.5. The normalized spacial score (nSPS) is 10.9. The molecule has 124 valence electrons. The highest BCUT2D eigenvalue weighted by Gasteiger charge is 2.12. The Hall–Kier alpha value is -2.99. The SMILES string of the molecule is CCn1nccc1C(=O)Nc1cccc(-c2nc3ccccc3s2)c1. The third kappa shape index (κ3) is 3.04. The van der Waals surface area contributed by atoms with Crippen molar-refractivity contribution in [3.8, 4) is 10.6 Å². The van der Waals surface area contributed by atoms with Gasteiger partial charge in [0.25, 0.3) is 5.91 Å². The molecular formula is C19H16N4OS. The molecule has 2 aromatic heterocycles. The molecule has 2 heterocycles. The molecule has 0 aliphatic rings. The first-order valence-electron chi connectivity index (χ1n) is 8.04. The van der Waals surface area contributed by atoms with Crippen LogP contribution in [-0.2, 0) is 6.54 Å². The van der Waals surface area contributed by atoms with E-state index in [0.29, 0.717) is 12.2 Å². The number of hydrogen-bond acceptors (Lipinski definition) is 4. The summed E-state index contributed by atoms with van der Waals surface area (Å²) < 4.78 is 2.82. The average molecular weight is 348 g/mol. The zero-order chi connectivity index (χ0) is 17.2. The number of amides is 1. The fraction of sp³-hybridized carbons (Fsp3) is 0.105. The fourth-order valence-corrected chi connectivity index (χ4v) is 3.66. The van der Waals surface area contributed by atoms with Crippen LogP contribution in [0.1, 0.15) is 17.4 Å². The van der Waals surface area contributed by atoms with E-state index in [2.05, 4.69) is 21.5 Å². The Kier molecular flexibility index (Phi) is 4.03. The molecule has 2 aromatic carbocycles. The third-order valence-electron chi connectivity index (χ3n) is 3.91. The van der Waals surface area contributed by atoms with Gasteiger partial charge in [0.1, 0.15) is 10.7 Å². The highest BCUT2D eigenvalue weighted by molar-refractivity contribution is 7.21. The van der Waals surface area contributed by atoms with Crippen LogP contribution in [0.3, 0.4) is 0 Å². The molecule has 4 aromatic rings. The largest absolute Gasteiger partial charge is 0.321 e. The van der Waals surface area contributed by atoms with E-state index in [1.54, 1.807) is 28.3 Å². The summed E-state index contributed by atoms with van der Waals surface area (Å²) in [5.74, 6) is -0.166. The highest BCUT2D eigenvalue weighted by atomic mass is 32.1. The summed E-state index contributed by atoms with van der Waals surface area (Å²) in [6.45, 7) is 2.61. The van der Waals surface area contributed by atoms with Crippen LogP contribution in [0.5, 0.6) is 0 Å². The Bertz CT molecular complexity index is 1020. The Balaban J connectivity index is 1.62. The lowest BCUT2D eigenvalue weighted by Gasteiger charge is -2.07. The van der Waals surface area contributed by atoms with Crippen LogP contribution >= 0.6 is 11.3 Å². The number of carbonyl (C=O) groups is 1. The van der Waals surface area contributed by atoms with Gasteiger partial charge in [0.15, 0.2) is 0 Å². The van der Waals surface area contributed by atoms with Gasteiger partial charge < -0.3 is 5.32 Å². The molecule has 4 rings (SSSR count). The van der Waals surface area contributed by atoms with Crippen molar-refractivity contribution in [2.75, 3.05) is 5.32 Å². The number of anilines is 1. The zero-order valence-electron chi connectivity index (χ0n) is 13.6. The molecule has 0 aliphatic heterocycles. The predicted octanol–water partition coefficient (Wildman–Crippen LogP) is 4.43. The number of carbonyl (C=O) groups excluding carboxylic acids is 1. The summed E-state index contributed by atoms with van der Waals surface area (Å²) in [5.41, 5.74) is 3.27. The molecule has 0 saturated carbocycles. The number of nitrogens with one attached hydrogen (secondary N) is 1. The molecule has 1 amide bonds. The lowest BCUT2D eigenvalue weighted by molar-refractivity contribution is 0.101. The highest BCUT2D eigenvalue weighted by Crippen LogP contribution is 2.31. The molecule has 0 unspecified atom stereocenters. The van der Waals surface area contributed by atoms with Crippen molar-refractivity contribution in [2.45, 2.75) is 13.5 Å². The molecule has 0 atom stereocenters. The maximum absolute atomic E-state index is 12.5. The molecule has 0 saturated heterocycles. The minimum atomic E-state index is -0.166. The number of thiazole rings is 1. The van der Waals surface area contributed by atoms with E-state index in [-0.39, 0.29) is 5.91 Å². The maximum atomic E-state index is 12.5. The minimum Gasteiger partial charge on any atom is -0.321 e. The summed E-state index contributed by atoms with van der Waals surface area (Å²) in [5, 5.41) is 8.01. The second-order valence-corrected chi connectivity index (χ2v) is 6.58. The van der Waals surface area contributed by atoms with E-state index >= 15 is 0 Å². The van der Waals surface area contributed by atoms with E-state index in [0.717, 1.165) is 26.5 Å². The topological polar surface area (TPSA) is 59.8 Å².